The van der Waals surface area contributed by atoms with Crippen LogP contribution in [-0.4, -0.2) is 41.3 Å². The molecule has 1 aromatic rings. The lowest BCUT2D eigenvalue weighted by Gasteiger charge is -2.26. The number of aromatic nitrogens is 2. The fraction of sp³-hybridized carbons (Fsp3) is 0.667. The minimum atomic E-state index is 0.430. The summed E-state index contributed by atoms with van der Waals surface area (Å²) in [5.74, 6) is 8.92. The molecular formula is C18H27ClN4. The molecule has 1 N–H and O–H groups in total. The van der Waals surface area contributed by atoms with Gasteiger partial charge in [-0.25, -0.2) is 0 Å². The summed E-state index contributed by atoms with van der Waals surface area (Å²) >= 11 is 5.74. The standard InChI is InChI=1S/C18H27ClN4/c1-3-23(4-2)13-5-6-15-7-9-16(10-8-15)14-20-18-12-11-17(19)21-22-18/h11-12,15-16H,3-4,7-10,13-14H2,1-2H3,(H,20,22). The lowest BCUT2D eigenvalue weighted by Crippen LogP contribution is -2.23. The van der Waals surface area contributed by atoms with Crippen LogP contribution in [0.25, 0.3) is 0 Å². The van der Waals surface area contributed by atoms with Crippen molar-refractivity contribution in [2.45, 2.75) is 39.5 Å². The molecule has 23 heavy (non-hydrogen) atoms. The van der Waals surface area contributed by atoms with Crippen molar-refractivity contribution in [1.82, 2.24) is 15.1 Å². The molecule has 1 aliphatic rings. The molecule has 2 rings (SSSR count). The number of rotatable bonds is 6. The maximum absolute atomic E-state index is 5.74. The minimum Gasteiger partial charge on any atom is -0.368 e. The van der Waals surface area contributed by atoms with E-state index in [1.165, 1.54) is 25.7 Å². The number of hydrogen-bond acceptors (Lipinski definition) is 4. The molecule has 1 fully saturated rings. The Balaban J connectivity index is 1.67. The largest absolute Gasteiger partial charge is 0.368 e. The Bertz CT molecular complexity index is 508. The molecule has 1 aromatic heterocycles. The van der Waals surface area contributed by atoms with E-state index in [4.69, 9.17) is 11.6 Å². The molecule has 0 unspecified atom stereocenters. The Morgan fingerprint density at radius 1 is 1.17 bits per heavy atom. The molecule has 0 spiro atoms. The first-order chi connectivity index (χ1) is 11.2. The Labute approximate surface area is 145 Å². The summed E-state index contributed by atoms with van der Waals surface area (Å²) in [5, 5.41) is 11.7. The highest BCUT2D eigenvalue weighted by atomic mass is 35.5. The first-order valence-corrected chi connectivity index (χ1v) is 9.02. The van der Waals surface area contributed by atoms with Crippen molar-refractivity contribution in [2.24, 2.45) is 11.8 Å². The Hall–Kier alpha value is -1.31. The van der Waals surface area contributed by atoms with Gasteiger partial charge in [0.25, 0.3) is 0 Å². The van der Waals surface area contributed by atoms with Gasteiger partial charge in [0.1, 0.15) is 5.82 Å². The van der Waals surface area contributed by atoms with Crippen molar-refractivity contribution in [2.75, 3.05) is 31.5 Å². The van der Waals surface area contributed by atoms with Crippen LogP contribution in [0, 0.1) is 23.7 Å². The number of nitrogens with one attached hydrogen (secondary N) is 1. The van der Waals surface area contributed by atoms with E-state index in [9.17, 15) is 0 Å². The van der Waals surface area contributed by atoms with Gasteiger partial charge in [-0.05, 0) is 56.8 Å². The summed E-state index contributed by atoms with van der Waals surface area (Å²) in [6, 6.07) is 3.64. The summed E-state index contributed by atoms with van der Waals surface area (Å²) in [6.07, 6.45) is 4.89. The molecule has 0 saturated heterocycles. The predicted molar refractivity (Wildman–Crippen MR) is 96.5 cm³/mol. The maximum atomic E-state index is 5.74. The molecule has 0 atom stereocenters. The first-order valence-electron chi connectivity index (χ1n) is 8.65. The molecule has 1 saturated carbocycles. The number of hydrogen-bond donors (Lipinski definition) is 1. The molecule has 0 amide bonds. The normalized spacial score (nSPS) is 20.9. The SMILES string of the molecule is CCN(CC)CC#CC1CCC(CNc2ccc(Cl)nn2)CC1. The van der Waals surface area contributed by atoms with E-state index in [0.717, 1.165) is 32.0 Å². The Morgan fingerprint density at radius 2 is 1.91 bits per heavy atom. The zero-order chi connectivity index (χ0) is 16.5. The molecule has 5 heteroatoms. The van der Waals surface area contributed by atoms with E-state index < -0.39 is 0 Å². The third-order valence-corrected chi connectivity index (χ3v) is 4.76. The highest BCUT2D eigenvalue weighted by Gasteiger charge is 2.19. The zero-order valence-electron chi connectivity index (χ0n) is 14.2. The molecular weight excluding hydrogens is 308 g/mol. The summed E-state index contributed by atoms with van der Waals surface area (Å²) < 4.78 is 0. The van der Waals surface area contributed by atoms with Crippen LogP contribution in [-0.2, 0) is 0 Å². The van der Waals surface area contributed by atoms with Gasteiger partial charge in [0.15, 0.2) is 5.15 Å². The van der Waals surface area contributed by atoms with Crippen LogP contribution in [0.3, 0.4) is 0 Å². The molecule has 0 radical (unpaired) electrons. The van der Waals surface area contributed by atoms with Gasteiger partial charge in [-0.1, -0.05) is 37.3 Å². The van der Waals surface area contributed by atoms with E-state index in [0.29, 0.717) is 17.0 Å². The van der Waals surface area contributed by atoms with Crippen molar-refractivity contribution in [3.8, 4) is 11.8 Å². The van der Waals surface area contributed by atoms with E-state index >= 15 is 0 Å². The van der Waals surface area contributed by atoms with Gasteiger partial charge < -0.3 is 5.32 Å². The minimum absolute atomic E-state index is 0.430. The van der Waals surface area contributed by atoms with Gasteiger partial charge in [0.2, 0.25) is 0 Å². The van der Waals surface area contributed by atoms with Crippen LogP contribution in [0.4, 0.5) is 5.82 Å². The van der Waals surface area contributed by atoms with E-state index in [-0.39, 0.29) is 0 Å². The molecule has 126 valence electrons. The van der Waals surface area contributed by atoms with Gasteiger partial charge >= 0.3 is 0 Å². The molecule has 4 nitrogen and oxygen atoms in total. The van der Waals surface area contributed by atoms with Crippen molar-refractivity contribution < 1.29 is 0 Å². The molecule has 0 aliphatic heterocycles. The van der Waals surface area contributed by atoms with Gasteiger partial charge in [-0.2, -0.15) is 0 Å². The van der Waals surface area contributed by atoms with Crippen molar-refractivity contribution in [1.29, 1.82) is 0 Å². The average molecular weight is 335 g/mol. The van der Waals surface area contributed by atoms with Crippen LogP contribution in [0.5, 0.6) is 0 Å². The summed E-state index contributed by atoms with van der Waals surface area (Å²) in [7, 11) is 0. The second-order valence-corrected chi connectivity index (χ2v) is 6.51. The average Bonchev–Trinajstić information content (AvgIpc) is 2.59. The number of halogens is 1. The topological polar surface area (TPSA) is 41.0 Å². The second kappa shape index (κ2) is 9.75. The zero-order valence-corrected chi connectivity index (χ0v) is 14.9. The molecule has 1 aliphatic carbocycles. The highest BCUT2D eigenvalue weighted by molar-refractivity contribution is 6.29. The smallest absolute Gasteiger partial charge is 0.151 e. The lowest BCUT2D eigenvalue weighted by atomic mass is 9.82. The van der Waals surface area contributed by atoms with Crippen LogP contribution < -0.4 is 5.32 Å². The van der Waals surface area contributed by atoms with Crippen LogP contribution in [0.2, 0.25) is 5.15 Å². The van der Waals surface area contributed by atoms with Crippen molar-refractivity contribution in [3.63, 3.8) is 0 Å². The van der Waals surface area contributed by atoms with Crippen LogP contribution in [0.15, 0.2) is 12.1 Å². The van der Waals surface area contributed by atoms with Crippen molar-refractivity contribution in [3.05, 3.63) is 17.3 Å². The molecule has 0 bridgehead atoms. The summed E-state index contributed by atoms with van der Waals surface area (Å²) in [5.41, 5.74) is 0. The maximum Gasteiger partial charge on any atom is 0.151 e. The molecule has 0 aromatic carbocycles. The Kier molecular flexibility index (Phi) is 7.64. The van der Waals surface area contributed by atoms with Crippen LogP contribution >= 0.6 is 11.6 Å². The van der Waals surface area contributed by atoms with Gasteiger partial charge in [0, 0.05) is 12.5 Å². The highest BCUT2D eigenvalue weighted by Crippen LogP contribution is 2.28. The number of nitrogens with zero attached hydrogens (tertiary/aromatic N) is 3. The fourth-order valence-corrected chi connectivity index (χ4v) is 3.02. The van der Waals surface area contributed by atoms with Gasteiger partial charge in [0.05, 0.1) is 6.54 Å². The lowest BCUT2D eigenvalue weighted by molar-refractivity contribution is 0.326. The third kappa shape index (κ3) is 6.37. The quantitative estimate of drug-likeness (QED) is 0.805. The van der Waals surface area contributed by atoms with E-state index in [1.807, 2.05) is 6.07 Å². The van der Waals surface area contributed by atoms with Crippen molar-refractivity contribution >= 4 is 17.4 Å². The monoisotopic (exact) mass is 334 g/mol. The Morgan fingerprint density at radius 3 is 2.52 bits per heavy atom. The van der Waals surface area contributed by atoms with E-state index in [1.54, 1.807) is 6.07 Å². The summed E-state index contributed by atoms with van der Waals surface area (Å²) in [6.45, 7) is 8.40. The van der Waals surface area contributed by atoms with E-state index in [2.05, 4.69) is 46.1 Å². The fourth-order valence-electron chi connectivity index (χ4n) is 2.92. The third-order valence-electron chi connectivity index (χ3n) is 4.55. The summed E-state index contributed by atoms with van der Waals surface area (Å²) in [4.78, 5) is 2.36. The predicted octanol–water partition coefficient (Wildman–Crippen LogP) is 3.69. The first kappa shape index (κ1) is 18.0. The number of anilines is 1. The molecule has 1 heterocycles. The van der Waals surface area contributed by atoms with Gasteiger partial charge in [-0.3, -0.25) is 4.90 Å². The van der Waals surface area contributed by atoms with Crippen LogP contribution in [0.1, 0.15) is 39.5 Å². The second-order valence-electron chi connectivity index (χ2n) is 6.12. The van der Waals surface area contributed by atoms with Gasteiger partial charge in [-0.15, -0.1) is 10.2 Å².